The summed E-state index contributed by atoms with van der Waals surface area (Å²) in [4.78, 5) is 13.6. The van der Waals surface area contributed by atoms with Crippen molar-refractivity contribution in [2.45, 2.75) is 44.6 Å². The van der Waals surface area contributed by atoms with Gasteiger partial charge in [-0.15, -0.1) is 0 Å². The van der Waals surface area contributed by atoms with Gasteiger partial charge in [-0.1, -0.05) is 0 Å². The number of unbranched alkanes of at least 4 members (excludes halogenated alkanes) is 2. The van der Waals surface area contributed by atoms with Crippen molar-refractivity contribution in [1.82, 2.24) is 10.2 Å². The Kier molecular flexibility index (Phi) is 6.42. The Labute approximate surface area is 98.0 Å². The first kappa shape index (κ1) is 13.5. The van der Waals surface area contributed by atoms with Gasteiger partial charge in [-0.05, 0) is 38.6 Å². The lowest BCUT2D eigenvalue weighted by molar-refractivity contribution is -0.130. The van der Waals surface area contributed by atoms with Crippen LogP contribution in [0.5, 0.6) is 0 Å². The van der Waals surface area contributed by atoms with E-state index in [2.05, 4.69) is 5.32 Å². The first-order valence-electron chi connectivity index (χ1n) is 6.32. The summed E-state index contributed by atoms with van der Waals surface area (Å²) < 4.78 is 0. The third kappa shape index (κ3) is 4.94. The molecule has 4 nitrogen and oxygen atoms in total. The Balaban J connectivity index is 2.09. The fraction of sp³-hybridized carbons (Fsp3) is 0.917. The molecule has 1 heterocycles. The number of nitrogens with one attached hydrogen (secondary N) is 1. The van der Waals surface area contributed by atoms with E-state index < -0.39 is 0 Å². The number of aliphatic hydroxyl groups excluding tert-OH is 1. The molecule has 0 saturated carbocycles. The Morgan fingerprint density at radius 1 is 1.44 bits per heavy atom. The van der Waals surface area contributed by atoms with E-state index in [0.29, 0.717) is 12.5 Å². The Hall–Kier alpha value is -0.610. The predicted molar refractivity (Wildman–Crippen MR) is 64.2 cm³/mol. The summed E-state index contributed by atoms with van der Waals surface area (Å²) in [6, 6.07) is 0.396. The summed E-state index contributed by atoms with van der Waals surface area (Å²) in [5, 5.41) is 12.0. The maximum atomic E-state index is 11.8. The van der Waals surface area contributed by atoms with Crippen molar-refractivity contribution in [2.24, 2.45) is 0 Å². The lowest BCUT2D eigenvalue weighted by Gasteiger charge is -2.19. The number of aliphatic hydroxyl groups is 1. The van der Waals surface area contributed by atoms with Crippen molar-refractivity contribution >= 4 is 5.91 Å². The third-order valence-corrected chi connectivity index (χ3v) is 3.16. The zero-order valence-corrected chi connectivity index (χ0v) is 10.2. The molecule has 0 bridgehead atoms. The van der Waals surface area contributed by atoms with Crippen LogP contribution in [0.1, 0.15) is 38.5 Å². The SMILES string of the molecule is CN(CCCCCO)C(=O)CC1CCCN1. The standard InChI is InChI=1S/C12H24N2O2/c1-14(8-3-2-4-9-15)12(16)10-11-6-5-7-13-11/h11,13,15H,2-10H2,1H3. The smallest absolute Gasteiger partial charge is 0.223 e. The van der Waals surface area contributed by atoms with E-state index in [1.807, 2.05) is 11.9 Å². The van der Waals surface area contributed by atoms with E-state index in [1.165, 1.54) is 6.42 Å². The second kappa shape index (κ2) is 7.63. The molecule has 0 aromatic carbocycles. The van der Waals surface area contributed by atoms with Gasteiger partial charge in [0.1, 0.15) is 0 Å². The molecule has 1 fully saturated rings. The number of nitrogens with zero attached hydrogens (tertiary/aromatic N) is 1. The number of rotatable bonds is 7. The molecule has 0 aromatic rings. The fourth-order valence-corrected chi connectivity index (χ4v) is 2.06. The molecule has 1 amide bonds. The van der Waals surface area contributed by atoms with Gasteiger partial charge >= 0.3 is 0 Å². The van der Waals surface area contributed by atoms with Crippen LogP contribution in [0.4, 0.5) is 0 Å². The topological polar surface area (TPSA) is 52.6 Å². The van der Waals surface area contributed by atoms with E-state index in [4.69, 9.17) is 5.11 Å². The molecule has 0 spiro atoms. The number of carbonyl (C=O) groups is 1. The van der Waals surface area contributed by atoms with Crippen LogP contribution in [-0.4, -0.2) is 48.7 Å². The molecule has 1 atom stereocenters. The second-order valence-corrected chi connectivity index (χ2v) is 4.60. The maximum absolute atomic E-state index is 11.8. The van der Waals surface area contributed by atoms with Crippen LogP contribution < -0.4 is 5.32 Å². The zero-order valence-electron chi connectivity index (χ0n) is 10.2. The van der Waals surface area contributed by atoms with Gasteiger partial charge in [0.05, 0.1) is 0 Å². The summed E-state index contributed by atoms with van der Waals surface area (Å²) in [6.07, 6.45) is 5.78. The largest absolute Gasteiger partial charge is 0.396 e. The Bertz CT molecular complexity index is 203. The molecule has 2 N–H and O–H groups in total. The average Bonchev–Trinajstić information content (AvgIpc) is 2.76. The molecule has 0 aliphatic carbocycles. The molecule has 1 aliphatic rings. The number of hydrogen-bond acceptors (Lipinski definition) is 3. The van der Waals surface area contributed by atoms with Crippen LogP contribution in [0.15, 0.2) is 0 Å². The molecular formula is C12H24N2O2. The monoisotopic (exact) mass is 228 g/mol. The Morgan fingerprint density at radius 3 is 2.88 bits per heavy atom. The summed E-state index contributed by atoms with van der Waals surface area (Å²) in [7, 11) is 1.87. The first-order chi connectivity index (χ1) is 7.74. The molecule has 16 heavy (non-hydrogen) atoms. The minimum atomic E-state index is 0.239. The van der Waals surface area contributed by atoms with E-state index in [-0.39, 0.29) is 12.5 Å². The van der Waals surface area contributed by atoms with Crippen LogP contribution in [-0.2, 0) is 4.79 Å². The van der Waals surface area contributed by atoms with Crippen molar-refractivity contribution in [3.05, 3.63) is 0 Å². The second-order valence-electron chi connectivity index (χ2n) is 4.60. The third-order valence-electron chi connectivity index (χ3n) is 3.16. The lowest BCUT2D eigenvalue weighted by atomic mass is 10.1. The van der Waals surface area contributed by atoms with Crippen LogP contribution in [0.2, 0.25) is 0 Å². The van der Waals surface area contributed by atoms with E-state index in [1.54, 1.807) is 0 Å². The summed E-state index contributed by atoms with van der Waals surface area (Å²) in [5.74, 6) is 0.239. The predicted octanol–water partition coefficient (Wildman–Crippen LogP) is 0.750. The number of hydrogen-bond donors (Lipinski definition) is 2. The quantitative estimate of drug-likeness (QED) is 0.632. The molecular weight excluding hydrogens is 204 g/mol. The van der Waals surface area contributed by atoms with Crippen molar-refractivity contribution in [2.75, 3.05) is 26.7 Å². The molecule has 4 heteroatoms. The molecule has 1 saturated heterocycles. The van der Waals surface area contributed by atoms with Gasteiger partial charge in [0, 0.05) is 32.7 Å². The highest BCUT2D eigenvalue weighted by Crippen LogP contribution is 2.10. The highest BCUT2D eigenvalue weighted by atomic mass is 16.2. The minimum absolute atomic E-state index is 0.239. The zero-order chi connectivity index (χ0) is 11.8. The molecule has 0 aromatic heterocycles. The van der Waals surface area contributed by atoms with Crippen LogP contribution in [0.3, 0.4) is 0 Å². The van der Waals surface area contributed by atoms with Gasteiger partial charge in [-0.3, -0.25) is 4.79 Å². The molecule has 94 valence electrons. The van der Waals surface area contributed by atoms with Gasteiger partial charge in [-0.25, -0.2) is 0 Å². The van der Waals surface area contributed by atoms with Gasteiger partial charge in [0.15, 0.2) is 0 Å². The maximum Gasteiger partial charge on any atom is 0.223 e. The Morgan fingerprint density at radius 2 is 2.25 bits per heavy atom. The highest BCUT2D eigenvalue weighted by molar-refractivity contribution is 5.76. The minimum Gasteiger partial charge on any atom is -0.396 e. The van der Waals surface area contributed by atoms with Crippen molar-refractivity contribution < 1.29 is 9.90 Å². The highest BCUT2D eigenvalue weighted by Gasteiger charge is 2.19. The van der Waals surface area contributed by atoms with Gasteiger partial charge < -0.3 is 15.3 Å². The van der Waals surface area contributed by atoms with Crippen molar-refractivity contribution in [3.8, 4) is 0 Å². The van der Waals surface area contributed by atoms with Crippen LogP contribution in [0, 0.1) is 0 Å². The lowest BCUT2D eigenvalue weighted by Crippen LogP contribution is -2.33. The average molecular weight is 228 g/mol. The number of carbonyl (C=O) groups excluding carboxylic acids is 1. The van der Waals surface area contributed by atoms with Gasteiger partial charge in [0.2, 0.25) is 5.91 Å². The first-order valence-corrected chi connectivity index (χ1v) is 6.32. The van der Waals surface area contributed by atoms with E-state index in [9.17, 15) is 4.79 Å². The van der Waals surface area contributed by atoms with E-state index >= 15 is 0 Å². The molecule has 1 unspecified atom stereocenters. The summed E-state index contributed by atoms with van der Waals surface area (Å²) in [5.41, 5.74) is 0. The fourth-order valence-electron chi connectivity index (χ4n) is 2.06. The normalized spacial score (nSPS) is 20.0. The molecule has 1 rings (SSSR count). The van der Waals surface area contributed by atoms with Crippen molar-refractivity contribution in [3.63, 3.8) is 0 Å². The van der Waals surface area contributed by atoms with Crippen LogP contribution in [0.25, 0.3) is 0 Å². The van der Waals surface area contributed by atoms with Gasteiger partial charge in [0.25, 0.3) is 0 Å². The van der Waals surface area contributed by atoms with Gasteiger partial charge in [-0.2, -0.15) is 0 Å². The van der Waals surface area contributed by atoms with E-state index in [0.717, 1.165) is 38.8 Å². The summed E-state index contributed by atoms with van der Waals surface area (Å²) >= 11 is 0. The molecule has 0 radical (unpaired) electrons. The van der Waals surface area contributed by atoms with Crippen LogP contribution >= 0.6 is 0 Å². The summed E-state index contributed by atoms with van der Waals surface area (Å²) in [6.45, 7) is 2.12. The molecule has 1 aliphatic heterocycles. The van der Waals surface area contributed by atoms with Crippen molar-refractivity contribution in [1.29, 1.82) is 0 Å². The number of amides is 1.